The van der Waals surface area contributed by atoms with E-state index in [1.165, 1.54) is 21.8 Å². The molecule has 0 fully saturated rings. The first-order valence-corrected chi connectivity index (χ1v) is 12.2. The second-order valence-electron chi connectivity index (χ2n) is 8.55. The van der Waals surface area contributed by atoms with Gasteiger partial charge in [0, 0.05) is 24.5 Å². The first-order valence-electron chi connectivity index (χ1n) is 11.4. The van der Waals surface area contributed by atoms with E-state index >= 15 is 0 Å². The molecule has 2 heterocycles. The third-order valence-electron chi connectivity index (χ3n) is 5.94. The lowest BCUT2D eigenvalue weighted by Gasteiger charge is -2.26. The number of nitrogens with zero attached hydrogens (tertiary/aromatic N) is 1. The maximum Gasteiger partial charge on any atom is 0.345 e. The van der Waals surface area contributed by atoms with Crippen molar-refractivity contribution in [2.45, 2.75) is 45.4 Å². The summed E-state index contributed by atoms with van der Waals surface area (Å²) in [5.41, 5.74) is 4.24. The number of ether oxygens (including phenoxy) is 1. The van der Waals surface area contributed by atoms with Crippen LogP contribution in [0.4, 0.5) is 0 Å². The number of fused-ring (bicyclic) bond motifs is 1. The standard InChI is InChI=1S/C28H27NO5S/c1-2-4-22(15-27(30)31)21-7-9-24(10-8-21)34-18-20-6-3-5-19(13-20)16-29-12-11-25-23(17-29)14-26(35-25)28(32)33/h3,5-10,13-14,22H,11-12,15-18H2,1H3,(H,30,31)(H,32,33)/t22-/m0/s1. The van der Waals surface area contributed by atoms with Gasteiger partial charge in [0.1, 0.15) is 17.2 Å². The lowest BCUT2D eigenvalue weighted by molar-refractivity contribution is -0.137. The zero-order valence-corrected chi connectivity index (χ0v) is 20.3. The molecule has 35 heavy (non-hydrogen) atoms. The molecule has 0 unspecified atom stereocenters. The number of hydrogen-bond acceptors (Lipinski definition) is 5. The summed E-state index contributed by atoms with van der Waals surface area (Å²) in [7, 11) is 0. The van der Waals surface area contributed by atoms with Gasteiger partial charge >= 0.3 is 11.9 Å². The molecule has 1 aliphatic heterocycles. The van der Waals surface area contributed by atoms with Gasteiger partial charge < -0.3 is 14.9 Å². The van der Waals surface area contributed by atoms with Gasteiger partial charge in [-0.1, -0.05) is 42.3 Å². The minimum Gasteiger partial charge on any atom is -0.489 e. The van der Waals surface area contributed by atoms with E-state index in [1.807, 2.05) is 42.5 Å². The van der Waals surface area contributed by atoms with Crippen LogP contribution in [0.5, 0.6) is 5.75 Å². The number of hydrogen-bond donors (Lipinski definition) is 2. The number of carbonyl (C=O) groups is 2. The molecule has 7 heteroatoms. The van der Waals surface area contributed by atoms with Crippen molar-refractivity contribution in [1.29, 1.82) is 0 Å². The number of benzene rings is 2. The van der Waals surface area contributed by atoms with E-state index < -0.39 is 11.9 Å². The average molecular weight is 490 g/mol. The quantitative estimate of drug-likeness (QED) is 0.404. The zero-order valence-electron chi connectivity index (χ0n) is 19.5. The number of rotatable bonds is 9. The molecule has 0 radical (unpaired) electrons. The molecule has 0 saturated carbocycles. The van der Waals surface area contributed by atoms with Crippen LogP contribution in [0.15, 0.2) is 54.6 Å². The molecule has 1 atom stereocenters. The van der Waals surface area contributed by atoms with Gasteiger partial charge in [-0.3, -0.25) is 9.69 Å². The third kappa shape index (κ3) is 6.50. The second kappa shape index (κ2) is 11.2. The Labute approximate surface area is 208 Å². The molecule has 6 nitrogen and oxygen atoms in total. The smallest absolute Gasteiger partial charge is 0.345 e. The maximum absolute atomic E-state index is 11.3. The van der Waals surface area contributed by atoms with Crippen molar-refractivity contribution >= 4 is 23.3 Å². The Kier molecular flexibility index (Phi) is 7.86. The average Bonchev–Trinajstić information content (AvgIpc) is 3.27. The Morgan fingerprint density at radius 3 is 2.60 bits per heavy atom. The van der Waals surface area contributed by atoms with Crippen LogP contribution in [0.1, 0.15) is 56.1 Å². The predicted octanol–water partition coefficient (Wildman–Crippen LogP) is 5.17. The van der Waals surface area contributed by atoms with Crippen molar-refractivity contribution in [2.75, 3.05) is 6.54 Å². The second-order valence-corrected chi connectivity index (χ2v) is 9.68. The normalized spacial score (nSPS) is 13.9. The van der Waals surface area contributed by atoms with Crippen LogP contribution in [0, 0.1) is 11.8 Å². The van der Waals surface area contributed by atoms with Crippen LogP contribution in [0.3, 0.4) is 0 Å². The Morgan fingerprint density at radius 1 is 1.11 bits per heavy atom. The van der Waals surface area contributed by atoms with E-state index in [4.69, 9.17) is 9.84 Å². The van der Waals surface area contributed by atoms with Crippen molar-refractivity contribution in [3.8, 4) is 17.6 Å². The molecule has 0 amide bonds. The Morgan fingerprint density at radius 2 is 1.89 bits per heavy atom. The van der Waals surface area contributed by atoms with Crippen LogP contribution < -0.4 is 4.74 Å². The highest BCUT2D eigenvalue weighted by atomic mass is 32.1. The van der Waals surface area contributed by atoms with Crippen LogP contribution >= 0.6 is 11.3 Å². The van der Waals surface area contributed by atoms with Crippen LogP contribution in [0.2, 0.25) is 0 Å². The fourth-order valence-electron chi connectivity index (χ4n) is 4.27. The molecule has 2 aromatic carbocycles. The number of thiophene rings is 1. The summed E-state index contributed by atoms with van der Waals surface area (Å²) < 4.78 is 5.96. The SMILES string of the molecule is CC#C[C@@H](CC(=O)O)c1ccc(OCc2cccc(CN3CCc4sc(C(=O)O)cc4C3)c2)cc1. The summed E-state index contributed by atoms with van der Waals surface area (Å²) in [6.07, 6.45) is 0.850. The van der Waals surface area contributed by atoms with E-state index in [1.54, 1.807) is 6.92 Å². The van der Waals surface area contributed by atoms with E-state index in [-0.39, 0.29) is 12.3 Å². The highest BCUT2D eigenvalue weighted by molar-refractivity contribution is 7.14. The van der Waals surface area contributed by atoms with Gasteiger partial charge in [-0.2, -0.15) is 0 Å². The van der Waals surface area contributed by atoms with Gasteiger partial charge in [-0.15, -0.1) is 17.3 Å². The van der Waals surface area contributed by atoms with Gasteiger partial charge in [-0.05, 0) is 53.8 Å². The fourth-order valence-corrected chi connectivity index (χ4v) is 5.27. The number of aromatic carboxylic acids is 1. The molecule has 180 valence electrons. The highest BCUT2D eigenvalue weighted by Gasteiger charge is 2.21. The molecule has 1 aliphatic rings. The van der Waals surface area contributed by atoms with Crippen LogP contribution in [-0.2, 0) is 30.9 Å². The molecule has 2 N–H and O–H groups in total. The first kappa shape index (κ1) is 24.5. The predicted molar refractivity (Wildman–Crippen MR) is 135 cm³/mol. The van der Waals surface area contributed by atoms with Crippen molar-refractivity contribution in [1.82, 2.24) is 4.90 Å². The lowest BCUT2D eigenvalue weighted by Crippen LogP contribution is -2.29. The molecule has 0 saturated heterocycles. The van der Waals surface area contributed by atoms with Crippen molar-refractivity contribution in [2.24, 2.45) is 0 Å². The molecule has 0 aliphatic carbocycles. The summed E-state index contributed by atoms with van der Waals surface area (Å²) >= 11 is 1.39. The van der Waals surface area contributed by atoms with Crippen molar-refractivity contribution in [3.63, 3.8) is 0 Å². The molecule has 1 aromatic heterocycles. The number of aliphatic carboxylic acids is 1. The molecule has 3 aromatic rings. The molecular weight excluding hydrogens is 462 g/mol. The van der Waals surface area contributed by atoms with E-state index in [0.29, 0.717) is 17.2 Å². The molecule has 4 rings (SSSR count). The zero-order chi connectivity index (χ0) is 24.8. The minimum absolute atomic E-state index is 0.0285. The van der Waals surface area contributed by atoms with E-state index in [9.17, 15) is 14.7 Å². The molecular formula is C28H27NO5S. The maximum atomic E-state index is 11.3. The monoisotopic (exact) mass is 489 g/mol. The van der Waals surface area contributed by atoms with Crippen molar-refractivity contribution < 1.29 is 24.5 Å². The molecule has 0 spiro atoms. The van der Waals surface area contributed by atoms with E-state index in [2.05, 4.69) is 28.9 Å². The molecule has 0 bridgehead atoms. The Balaban J connectivity index is 1.34. The topological polar surface area (TPSA) is 87.1 Å². The van der Waals surface area contributed by atoms with E-state index in [0.717, 1.165) is 42.7 Å². The summed E-state index contributed by atoms with van der Waals surface area (Å²) in [5.74, 6) is 4.42. The van der Waals surface area contributed by atoms with Gasteiger partial charge in [0.15, 0.2) is 0 Å². The highest BCUT2D eigenvalue weighted by Crippen LogP contribution is 2.29. The summed E-state index contributed by atoms with van der Waals surface area (Å²) in [5, 5.41) is 18.4. The minimum atomic E-state index is -0.872. The van der Waals surface area contributed by atoms with Crippen molar-refractivity contribution in [3.05, 3.63) is 86.6 Å². The first-order chi connectivity index (χ1) is 16.9. The summed E-state index contributed by atoms with van der Waals surface area (Å²) in [4.78, 5) is 26.3. The summed E-state index contributed by atoms with van der Waals surface area (Å²) in [6, 6.07) is 17.5. The van der Waals surface area contributed by atoms with Crippen LogP contribution in [0.25, 0.3) is 0 Å². The Hall–Kier alpha value is -3.60. The fraction of sp³-hybridized carbons (Fsp3) is 0.286. The Bertz CT molecular complexity index is 1270. The largest absolute Gasteiger partial charge is 0.489 e. The number of carboxylic acid groups (broad SMARTS) is 2. The lowest BCUT2D eigenvalue weighted by atomic mass is 9.96. The number of carboxylic acids is 2. The third-order valence-corrected chi connectivity index (χ3v) is 7.16. The summed E-state index contributed by atoms with van der Waals surface area (Å²) in [6.45, 7) is 4.60. The van der Waals surface area contributed by atoms with Gasteiger partial charge in [-0.25, -0.2) is 4.79 Å². The van der Waals surface area contributed by atoms with Crippen LogP contribution in [-0.4, -0.2) is 33.6 Å². The van der Waals surface area contributed by atoms with Gasteiger partial charge in [0.25, 0.3) is 0 Å². The van der Waals surface area contributed by atoms with Gasteiger partial charge in [0.05, 0.1) is 12.3 Å². The van der Waals surface area contributed by atoms with Gasteiger partial charge in [0.2, 0.25) is 0 Å².